The standard InChI is InChI=1S/C35H65IO2/c1-9-14-16-17-24-35(36,13-5)34-23-18-19-31(34)25-33(27-34,22-15-10-2)32(38-26-29(7)37-8)28(6)20-21-30(11-3)12-4/h21,28-29,31-32H,9-20,22-27H2,1-8H3/t28?,29?,31?,32?,33?,34-,35?/m1/s1. The number of ether oxygens (including phenoxy) is 2. The Balaban J connectivity index is 2.46. The van der Waals surface area contributed by atoms with Crippen LogP contribution in [0.1, 0.15) is 158 Å². The molecule has 0 bridgehead atoms. The van der Waals surface area contributed by atoms with Crippen LogP contribution in [0.5, 0.6) is 0 Å². The topological polar surface area (TPSA) is 18.5 Å². The van der Waals surface area contributed by atoms with E-state index in [9.17, 15) is 0 Å². The Morgan fingerprint density at radius 1 is 1.03 bits per heavy atom. The van der Waals surface area contributed by atoms with Crippen molar-refractivity contribution in [3.8, 4) is 0 Å². The Morgan fingerprint density at radius 2 is 1.74 bits per heavy atom. The SMILES string of the molecule is CCCCCCC(I)(CC)[C@@]12CCCC1CC(CCCC)(C(OCC(C)OC)C(C)CC=C(CC)CC)C2. The zero-order valence-electron chi connectivity index (χ0n) is 26.8. The first-order valence-electron chi connectivity index (χ1n) is 16.7. The van der Waals surface area contributed by atoms with Crippen LogP contribution in [0.25, 0.3) is 0 Å². The van der Waals surface area contributed by atoms with Crippen molar-refractivity contribution in [1.82, 2.24) is 0 Å². The van der Waals surface area contributed by atoms with Crippen molar-refractivity contribution in [3.63, 3.8) is 0 Å². The third-order valence-corrected chi connectivity index (χ3v) is 13.3. The fraction of sp³-hybridized carbons (Fsp3) is 0.943. The van der Waals surface area contributed by atoms with Crippen LogP contribution in [0, 0.1) is 22.7 Å². The summed E-state index contributed by atoms with van der Waals surface area (Å²) in [5, 5.41) is 0. The number of alkyl halides is 1. The number of hydrogen-bond acceptors (Lipinski definition) is 2. The van der Waals surface area contributed by atoms with Crippen LogP contribution >= 0.6 is 22.6 Å². The third kappa shape index (κ3) is 8.24. The molecule has 0 aromatic rings. The fourth-order valence-corrected chi connectivity index (χ4v) is 9.85. The van der Waals surface area contributed by atoms with Gasteiger partial charge in [0, 0.05) is 10.5 Å². The van der Waals surface area contributed by atoms with Crippen LogP contribution < -0.4 is 0 Å². The molecule has 0 saturated heterocycles. The van der Waals surface area contributed by atoms with Gasteiger partial charge in [0.15, 0.2) is 0 Å². The lowest BCUT2D eigenvalue weighted by Crippen LogP contribution is -2.46. The zero-order valence-corrected chi connectivity index (χ0v) is 29.0. The Bertz CT molecular complexity index is 685. The van der Waals surface area contributed by atoms with Crippen LogP contribution in [0.15, 0.2) is 11.6 Å². The molecule has 0 N–H and O–H groups in total. The van der Waals surface area contributed by atoms with Crippen LogP contribution in [0.2, 0.25) is 0 Å². The molecule has 0 aliphatic heterocycles. The molecule has 0 spiro atoms. The Kier molecular flexibility index (Phi) is 15.2. The third-order valence-electron chi connectivity index (χ3n) is 10.9. The second kappa shape index (κ2) is 16.7. The zero-order chi connectivity index (χ0) is 28.2. The van der Waals surface area contributed by atoms with E-state index in [2.05, 4.69) is 77.1 Å². The van der Waals surface area contributed by atoms with Gasteiger partial charge < -0.3 is 9.47 Å². The minimum atomic E-state index is 0.151. The monoisotopic (exact) mass is 644 g/mol. The molecule has 2 rings (SSSR count). The van der Waals surface area contributed by atoms with Crippen LogP contribution in [-0.4, -0.2) is 29.3 Å². The summed E-state index contributed by atoms with van der Waals surface area (Å²) in [6.45, 7) is 17.2. The van der Waals surface area contributed by atoms with Gasteiger partial charge >= 0.3 is 0 Å². The molecule has 2 aliphatic rings. The van der Waals surface area contributed by atoms with Gasteiger partial charge in [0.1, 0.15) is 0 Å². The van der Waals surface area contributed by atoms with Crippen molar-refractivity contribution < 1.29 is 9.47 Å². The van der Waals surface area contributed by atoms with E-state index in [0.717, 1.165) is 18.9 Å². The van der Waals surface area contributed by atoms with Crippen molar-refractivity contribution in [2.24, 2.45) is 22.7 Å². The average Bonchev–Trinajstić information content (AvgIpc) is 3.47. The molecule has 38 heavy (non-hydrogen) atoms. The molecular weight excluding hydrogens is 579 g/mol. The second-order valence-corrected chi connectivity index (χ2v) is 15.4. The van der Waals surface area contributed by atoms with E-state index in [0.29, 0.717) is 26.3 Å². The highest BCUT2D eigenvalue weighted by atomic mass is 127. The maximum absolute atomic E-state index is 7.05. The summed E-state index contributed by atoms with van der Waals surface area (Å²) in [6, 6.07) is 0. The molecule has 0 heterocycles. The van der Waals surface area contributed by atoms with E-state index in [1.165, 1.54) is 103 Å². The predicted octanol–water partition coefficient (Wildman–Crippen LogP) is 11.5. The highest BCUT2D eigenvalue weighted by molar-refractivity contribution is 14.1. The average molecular weight is 645 g/mol. The summed E-state index contributed by atoms with van der Waals surface area (Å²) >= 11 is 3.00. The smallest absolute Gasteiger partial charge is 0.0776 e. The number of halogens is 1. The van der Waals surface area contributed by atoms with Crippen LogP contribution in [0.3, 0.4) is 0 Å². The molecule has 2 aliphatic carbocycles. The Morgan fingerprint density at radius 3 is 2.34 bits per heavy atom. The lowest BCUT2D eigenvalue weighted by molar-refractivity contribution is -0.106. The first kappa shape index (κ1) is 34.6. The molecule has 0 aromatic carbocycles. The summed E-state index contributed by atoms with van der Waals surface area (Å²) in [7, 11) is 1.83. The highest BCUT2D eigenvalue weighted by Crippen LogP contribution is 2.71. The first-order valence-corrected chi connectivity index (χ1v) is 17.8. The molecule has 0 radical (unpaired) electrons. The molecule has 0 aromatic heterocycles. The second-order valence-electron chi connectivity index (χ2n) is 13.3. The lowest BCUT2D eigenvalue weighted by atomic mass is 9.63. The van der Waals surface area contributed by atoms with E-state index in [4.69, 9.17) is 9.47 Å². The quantitative estimate of drug-likeness (QED) is 0.0568. The number of hydrogen-bond donors (Lipinski definition) is 0. The van der Waals surface area contributed by atoms with Crippen LogP contribution in [-0.2, 0) is 9.47 Å². The molecule has 2 nitrogen and oxygen atoms in total. The van der Waals surface area contributed by atoms with E-state index >= 15 is 0 Å². The lowest BCUT2D eigenvalue weighted by Gasteiger charge is -2.49. The number of methoxy groups -OCH3 is 1. The molecular formula is C35H65IO2. The van der Waals surface area contributed by atoms with Crippen molar-refractivity contribution >= 4 is 22.6 Å². The number of fused-ring (bicyclic) bond motifs is 1. The Labute approximate surface area is 252 Å². The van der Waals surface area contributed by atoms with E-state index < -0.39 is 0 Å². The maximum atomic E-state index is 7.05. The van der Waals surface area contributed by atoms with E-state index in [1.54, 1.807) is 5.57 Å². The summed E-state index contributed by atoms with van der Waals surface area (Å²) in [5.74, 6) is 1.41. The van der Waals surface area contributed by atoms with Gasteiger partial charge in [-0.3, -0.25) is 0 Å². The van der Waals surface area contributed by atoms with Gasteiger partial charge in [0.05, 0.1) is 18.8 Å². The fourth-order valence-electron chi connectivity index (χ4n) is 8.57. The summed E-state index contributed by atoms with van der Waals surface area (Å²) in [6.07, 6.45) is 25.8. The minimum Gasteiger partial charge on any atom is -0.379 e. The largest absolute Gasteiger partial charge is 0.379 e. The van der Waals surface area contributed by atoms with Gasteiger partial charge in [-0.15, -0.1) is 0 Å². The summed E-state index contributed by atoms with van der Waals surface area (Å²) < 4.78 is 13.2. The number of unbranched alkanes of at least 4 members (excludes halogenated alkanes) is 4. The molecule has 0 amide bonds. The predicted molar refractivity (Wildman–Crippen MR) is 175 cm³/mol. The maximum Gasteiger partial charge on any atom is 0.0776 e. The molecule has 7 atom stereocenters. The summed E-state index contributed by atoms with van der Waals surface area (Å²) in [4.78, 5) is 0. The Hall–Kier alpha value is 0.390. The number of rotatable bonds is 20. The van der Waals surface area contributed by atoms with Crippen molar-refractivity contribution in [1.29, 1.82) is 0 Å². The summed E-state index contributed by atoms with van der Waals surface area (Å²) in [5.41, 5.74) is 2.40. The number of allylic oxidation sites excluding steroid dienone is 2. The van der Waals surface area contributed by atoms with Gasteiger partial charge in [0.2, 0.25) is 0 Å². The highest BCUT2D eigenvalue weighted by Gasteiger charge is 2.65. The van der Waals surface area contributed by atoms with E-state index in [1.807, 2.05) is 7.11 Å². The normalized spacial score (nSPS) is 29.0. The van der Waals surface area contributed by atoms with Gasteiger partial charge in [-0.25, -0.2) is 0 Å². The first-order chi connectivity index (χ1) is 18.2. The molecule has 224 valence electrons. The van der Waals surface area contributed by atoms with Crippen molar-refractivity contribution in [3.05, 3.63) is 11.6 Å². The molecule has 3 heteroatoms. The van der Waals surface area contributed by atoms with Gasteiger partial charge in [-0.05, 0) is 93.8 Å². The van der Waals surface area contributed by atoms with E-state index in [-0.39, 0.29) is 6.10 Å². The molecule has 2 saturated carbocycles. The van der Waals surface area contributed by atoms with Crippen molar-refractivity contribution in [2.45, 2.75) is 173 Å². The van der Waals surface area contributed by atoms with Crippen LogP contribution in [0.4, 0.5) is 0 Å². The van der Waals surface area contributed by atoms with Gasteiger partial charge in [-0.2, -0.15) is 0 Å². The van der Waals surface area contributed by atoms with Gasteiger partial charge in [-0.1, -0.05) is 121 Å². The molecule has 2 fully saturated rings. The van der Waals surface area contributed by atoms with Crippen molar-refractivity contribution in [2.75, 3.05) is 13.7 Å². The van der Waals surface area contributed by atoms with Gasteiger partial charge in [0.25, 0.3) is 0 Å². The molecule has 6 unspecified atom stereocenters. The minimum absolute atomic E-state index is 0.151.